The fraction of sp³-hybridized carbons (Fsp3) is 0.350. The molecule has 23 nitrogen and oxygen atoms in total. The third kappa shape index (κ3) is 16.5. The van der Waals surface area contributed by atoms with Gasteiger partial charge >= 0.3 is 0 Å². The van der Waals surface area contributed by atoms with E-state index in [0.29, 0.717) is 70.3 Å². The summed E-state index contributed by atoms with van der Waals surface area (Å²) in [4.78, 5) is 58.5. The van der Waals surface area contributed by atoms with Gasteiger partial charge in [0.25, 0.3) is 31.6 Å². The maximum absolute atomic E-state index is 13.1. The minimum atomic E-state index is -3.67. The summed E-state index contributed by atoms with van der Waals surface area (Å²) in [6, 6.07) is 16.1. The summed E-state index contributed by atoms with van der Waals surface area (Å²) in [5, 5.41) is 30.8. The minimum Gasteiger partial charge on any atom is -0.497 e. The van der Waals surface area contributed by atoms with Crippen molar-refractivity contribution in [1.82, 2.24) is 19.8 Å². The van der Waals surface area contributed by atoms with Gasteiger partial charge in [0.1, 0.15) is 22.5 Å². The Morgan fingerprint density at radius 3 is 1.23 bits per heavy atom. The third-order valence-corrected chi connectivity index (χ3v) is 8.87. The van der Waals surface area contributed by atoms with E-state index in [-0.39, 0.29) is 49.5 Å². The molecule has 4 aromatic carbocycles. The molecule has 0 unspecified atom stereocenters. The zero-order valence-electron chi connectivity index (χ0n) is 36.9. The number of hydrogen-bond donors (Lipinski definition) is 6. The van der Waals surface area contributed by atoms with Crippen molar-refractivity contribution in [3.05, 3.63) is 101 Å². The Balaban J connectivity index is 0.000000365. The molecular formula is C40H54N8O15S2. The van der Waals surface area contributed by atoms with Crippen LogP contribution in [0.5, 0.6) is 11.5 Å². The summed E-state index contributed by atoms with van der Waals surface area (Å²) in [5.74, 6) is 1.11. The van der Waals surface area contributed by atoms with E-state index in [1.807, 2.05) is 28.2 Å². The summed E-state index contributed by atoms with van der Waals surface area (Å²) in [6.07, 6.45) is 3.19. The van der Waals surface area contributed by atoms with Gasteiger partial charge in [-0.15, -0.1) is 0 Å². The first-order valence-corrected chi connectivity index (χ1v) is 22.8. The van der Waals surface area contributed by atoms with Gasteiger partial charge in [0, 0.05) is 47.4 Å². The Bertz CT molecular complexity index is 2760. The molecule has 2 aromatic heterocycles. The van der Waals surface area contributed by atoms with Crippen molar-refractivity contribution in [1.29, 1.82) is 0 Å². The second kappa shape index (κ2) is 24.0. The first kappa shape index (κ1) is 54.7. The number of anilines is 2. The molecule has 0 aliphatic carbocycles. The highest BCUT2D eigenvalue weighted by Gasteiger charge is 2.21. The molecule has 0 atom stereocenters. The number of H-pyrrole nitrogens is 2. The van der Waals surface area contributed by atoms with Crippen molar-refractivity contribution >= 4 is 86.6 Å². The smallest absolute Gasteiger partial charge is 0.293 e. The number of methoxy groups -OCH3 is 2. The normalized spacial score (nSPS) is 11.1. The molecule has 0 bridgehead atoms. The van der Waals surface area contributed by atoms with E-state index in [9.17, 15) is 46.7 Å². The van der Waals surface area contributed by atoms with E-state index in [4.69, 9.17) is 18.6 Å². The molecule has 65 heavy (non-hydrogen) atoms. The monoisotopic (exact) mass is 950 g/mol. The van der Waals surface area contributed by atoms with Gasteiger partial charge < -0.3 is 45.4 Å². The largest absolute Gasteiger partial charge is 0.497 e. The summed E-state index contributed by atoms with van der Waals surface area (Å²) in [5.41, 5.74) is 1.88. The van der Waals surface area contributed by atoms with Crippen molar-refractivity contribution in [2.45, 2.75) is 12.8 Å². The van der Waals surface area contributed by atoms with Crippen LogP contribution < -0.4 is 31.0 Å². The number of nitro groups is 2. The lowest BCUT2D eigenvalue weighted by Crippen LogP contribution is -2.17. The number of nitrogens with one attached hydrogen (secondary N) is 4. The van der Waals surface area contributed by atoms with Crippen molar-refractivity contribution in [3.63, 3.8) is 0 Å². The summed E-state index contributed by atoms with van der Waals surface area (Å²) in [6.45, 7) is 3.10. The van der Waals surface area contributed by atoms with Crippen molar-refractivity contribution in [3.8, 4) is 11.5 Å². The van der Waals surface area contributed by atoms with Crippen LogP contribution >= 0.6 is 0 Å². The lowest BCUT2D eigenvalue weighted by Gasteiger charge is -2.13. The number of hydrogen-bond acceptors (Lipinski definition) is 16. The Kier molecular flexibility index (Phi) is 20.2. The minimum absolute atomic E-state index is 0. The SMILES string of the molecule is COc1ccc2[nH]c3c([N+](=O)[O-])ccc(NCCCN(C)C)c3c(=O)c2c1.COc1ccc2[nH]c3c([N+](=O)[O-])ccc(NCCCN(C)C)c3c(=O)c2c1.CS(=O)(=O)O.CS(=O)(=O)O.O. The lowest BCUT2D eigenvalue weighted by molar-refractivity contribution is -0.383. The summed E-state index contributed by atoms with van der Waals surface area (Å²) in [7, 11) is 3.69. The van der Waals surface area contributed by atoms with Crippen LogP contribution in [-0.2, 0) is 20.2 Å². The molecule has 8 N–H and O–H groups in total. The van der Waals surface area contributed by atoms with Crippen LogP contribution in [-0.4, -0.2) is 142 Å². The molecule has 0 aliphatic rings. The molecule has 0 aliphatic heterocycles. The van der Waals surface area contributed by atoms with Crippen molar-refractivity contribution in [2.24, 2.45) is 0 Å². The standard InChI is InChI=1S/2C19H22N4O4.2CH4O3S.H2O/c2*1-22(2)10-4-9-20-15-7-8-16(23(25)26)18-17(15)19(24)13-11-12(27-3)5-6-14(13)21-18;2*1-5(2,3)4;/h2*5-8,11,20H,4,9-10H2,1-3H3,(H,21,24);2*1H3,(H,2,3,4);1H2. The number of aromatic nitrogens is 2. The molecular weight excluding hydrogens is 897 g/mol. The molecule has 0 saturated carbocycles. The topological polar surface area (TPSA) is 341 Å². The second-order valence-corrected chi connectivity index (χ2v) is 17.6. The van der Waals surface area contributed by atoms with E-state index in [2.05, 4.69) is 30.4 Å². The molecule has 0 fully saturated rings. The number of aromatic amines is 2. The van der Waals surface area contributed by atoms with Crippen LogP contribution in [0.4, 0.5) is 22.7 Å². The van der Waals surface area contributed by atoms with Crippen molar-refractivity contribution < 1.29 is 50.7 Å². The molecule has 6 rings (SSSR count). The fourth-order valence-electron chi connectivity index (χ4n) is 6.18. The second-order valence-electron chi connectivity index (χ2n) is 14.6. The highest BCUT2D eigenvalue weighted by Crippen LogP contribution is 2.32. The maximum atomic E-state index is 13.1. The average molecular weight is 951 g/mol. The first-order chi connectivity index (χ1) is 29.8. The van der Waals surface area contributed by atoms with Gasteiger partial charge in [-0.2, -0.15) is 16.8 Å². The van der Waals surface area contributed by atoms with Gasteiger partial charge in [-0.1, -0.05) is 0 Å². The average Bonchev–Trinajstić information content (AvgIpc) is 3.19. The number of ether oxygens (including phenoxy) is 2. The van der Waals surface area contributed by atoms with Gasteiger partial charge in [-0.25, -0.2) is 0 Å². The number of rotatable bonds is 14. The summed E-state index contributed by atoms with van der Waals surface area (Å²) >= 11 is 0. The Morgan fingerprint density at radius 1 is 0.631 bits per heavy atom. The van der Waals surface area contributed by atoms with Crippen LogP contribution in [0.3, 0.4) is 0 Å². The fourth-order valence-corrected chi connectivity index (χ4v) is 6.18. The number of benzene rings is 4. The number of non-ortho nitro benzene ring substituents is 2. The molecule has 2 heterocycles. The highest BCUT2D eigenvalue weighted by molar-refractivity contribution is 7.85. The van der Waals surface area contributed by atoms with Crippen LogP contribution in [0.15, 0.2) is 70.3 Å². The highest BCUT2D eigenvalue weighted by atomic mass is 32.2. The van der Waals surface area contributed by atoms with E-state index >= 15 is 0 Å². The molecule has 0 amide bonds. The number of nitrogens with zero attached hydrogens (tertiary/aromatic N) is 4. The number of nitro benzene ring substituents is 2. The van der Waals surface area contributed by atoms with Crippen molar-refractivity contribution in [2.75, 3.05) is 91.7 Å². The van der Waals surface area contributed by atoms with Gasteiger partial charge in [0.05, 0.1) is 58.4 Å². The lowest BCUT2D eigenvalue weighted by atomic mass is 10.1. The predicted molar refractivity (Wildman–Crippen MR) is 252 cm³/mol. The molecule has 356 valence electrons. The van der Waals surface area contributed by atoms with E-state index in [1.54, 1.807) is 48.5 Å². The Hall–Kier alpha value is -6.48. The van der Waals surface area contributed by atoms with Gasteiger partial charge in [-0.3, -0.25) is 38.9 Å². The number of fused-ring (bicyclic) bond motifs is 4. The molecule has 0 saturated heterocycles. The van der Waals surface area contributed by atoms with E-state index in [1.165, 1.54) is 26.4 Å². The van der Waals surface area contributed by atoms with E-state index in [0.717, 1.165) is 25.9 Å². The zero-order chi connectivity index (χ0) is 48.1. The van der Waals surface area contributed by atoms with E-state index < -0.39 is 30.1 Å². The molecule has 0 radical (unpaired) electrons. The Labute approximate surface area is 373 Å². The summed E-state index contributed by atoms with van der Waals surface area (Å²) < 4.78 is 62.1. The Morgan fingerprint density at radius 2 is 0.954 bits per heavy atom. The molecule has 25 heteroatoms. The maximum Gasteiger partial charge on any atom is 0.293 e. The molecule has 0 spiro atoms. The molecule has 6 aromatic rings. The van der Waals surface area contributed by atoms with Gasteiger partial charge in [0.2, 0.25) is 0 Å². The zero-order valence-corrected chi connectivity index (χ0v) is 38.5. The van der Waals surface area contributed by atoms with Crippen LogP contribution in [0.2, 0.25) is 0 Å². The third-order valence-electron chi connectivity index (χ3n) is 8.87. The quantitative estimate of drug-likeness (QED) is 0.0294. The predicted octanol–water partition coefficient (Wildman–Crippen LogP) is 4.11. The van der Waals surface area contributed by atoms with Gasteiger partial charge in [-0.05, 0) is 103 Å². The van der Waals surface area contributed by atoms with Gasteiger partial charge in [0.15, 0.2) is 10.9 Å². The van der Waals surface area contributed by atoms with Crippen LogP contribution in [0.1, 0.15) is 12.8 Å². The first-order valence-electron chi connectivity index (χ1n) is 19.1. The van der Waals surface area contributed by atoms with Crippen LogP contribution in [0.25, 0.3) is 43.6 Å². The van der Waals surface area contributed by atoms with Crippen LogP contribution in [0, 0.1) is 20.2 Å². The number of pyridine rings is 2.